The number of benzene rings is 1. The van der Waals surface area contributed by atoms with Gasteiger partial charge in [-0.2, -0.15) is 0 Å². The molecule has 2 aliphatic heterocycles. The van der Waals surface area contributed by atoms with Crippen LogP contribution in [-0.2, 0) is 4.74 Å². The van der Waals surface area contributed by atoms with Gasteiger partial charge < -0.3 is 9.64 Å². The van der Waals surface area contributed by atoms with Crippen molar-refractivity contribution < 1.29 is 4.74 Å². The third-order valence-corrected chi connectivity index (χ3v) is 5.90. The molecule has 0 aliphatic carbocycles. The van der Waals surface area contributed by atoms with Crippen molar-refractivity contribution in [1.29, 1.82) is 0 Å². The summed E-state index contributed by atoms with van der Waals surface area (Å²) >= 11 is 12.2. The third kappa shape index (κ3) is 2.48. The Labute approximate surface area is 131 Å². The number of piperidine rings is 1. The van der Waals surface area contributed by atoms with Crippen LogP contribution >= 0.6 is 23.2 Å². The molecule has 1 aromatic rings. The first-order valence-corrected chi connectivity index (χ1v) is 8.03. The maximum atomic E-state index is 6.20. The Bertz CT molecular complexity index is 493. The van der Waals surface area contributed by atoms with E-state index in [4.69, 9.17) is 27.9 Å². The van der Waals surface area contributed by atoms with Crippen molar-refractivity contribution in [2.24, 2.45) is 5.92 Å². The van der Waals surface area contributed by atoms with Gasteiger partial charge in [-0.15, -0.1) is 0 Å². The molecule has 2 heterocycles. The summed E-state index contributed by atoms with van der Waals surface area (Å²) in [5.41, 5.74) is 1.31. The monoisotopic (exact) mass is 313 g/mol. The van der Waals surface area contributed by atoms with E-state index in [0.29, 0.717) is 34.0 Å². The molecule has 0 radical (unpaired) electrons. The number of hydrogen-bond donors (Lipinski definition) is 0. The lowest BCUT2D eigenvalue weighted by atomic mass is 9.76. The summed E-state index contributed by atoms with van der Waals surface area (Å²) in [6.45, 7) is 0.812. The van der Waals surface area contributed by atoms with Crippen LogP contribution in [0.3, 0.4) is 0 Å². The Morgan fingerprint density at radius 3 is 2.75 bits per heavy atom. The molecule has 0 spiro atoms. The Balaban J connectivity index is 1.92. The Morgan fingerprint density at radius 1 is 1.25 bits per heavy atom. The molecular formula is C16H21Cl2NO. The molecule has 2 saturated heterocycles. The summed E-state index contributed by atoms with van der Waals surface area (Å²) < 4.78 is 5.50. The molecule has 2 fully saturated rings. The fourth-order valence-corrected chi connectivity index (χ4v) is 4.43. The molecular weight excluding hydrogens is 293 g/mol. The van der Waals surface area contributed by atoms with E-state index in [2.05, 4.69) is 18.0 Å². The maximum Gasteiger partial charge on any atom is 0.0595 e. The molecule has 2 bridgehead atoms. The summed E-state index contributed by atoms with van der Waals surface area (Å²) in [4.78, 5) is 2.55. The molecule has 4 atom stereocenters. The minimum atomic E-state index is 0.526. The number of rotatable bonds is 3. The van der Waals surface area contributed by atoms with Gasteiger partial charge in [0.15, 0.2) is 0 Å². The fourth-order valence-electron chi connectivity index (χ4n) is 4.12. The van der Waals surface area contributed by atoms with E-state index < -0.39 is 0 Å². The van der Waals surface area contributed by atoms with Gasteiger partial charge in [0, 0.05) is 25.1 Å². The minimum absolute atomic E-state index is 0.526. The van der Waals surface area contributed by atoms with E-state index in [-0.39, 0.29) is 0 Å². The molecule has 0 saturated carbocycles. The molecule has 2 aliphatic rings. The first kappa shape index (κ1) is 14.6. The molecule has 0 amide bonds. The zero-order valence-electron chi connectivity index (χ0n) is 12.0. The summed E-state index contributed by atoms with van der Waals surface area (Å²) in [5.74, 6) is 1.07. The zero-order valence-corrected chi connectivity index (χ0v) is 13.5. The van der Waals surface area contributed by atoms with Gasteiger partial charge in [-0.1, -0.05) is 29.3 Å². The van der Waals surface area contributed by atoms with Crippen molar-refractivity contribution in [3.8, 4) is 0 Å². The average Bonchev–Trinajstić information content (AvgIpc) is 2.67. The van der Waals surface area contributed by atoms with E-state index >= 15 is 0 Å². The molecule has 0 aromatic heterocycles. The molecule has 0 N–H and O–H groups in total. The van der Waals surface area contributed by atoms with Crippen LogP contribution in [0.5, 0.6) is 0 Å². The second kappa shape index (κ2) is 5.84. The Hall–Kier alpha value is -0.280. The lowest BCUT2D eigenvalue weighted by Gasteiger charge is -2.43. The van der Waals surface area contributed by atoms with E-state index in [9.17, 15) is 0 Å². The topological polar surface area (TPSA) is 12.5 Å². The highest BCUT2D eigenvalue weighted by atomic mass is 35.5. The summed E-state index contributed by atoms with van der Waals surface area (Å²) in [7, 11) is 4.06. The standard InChI is InChI=1S/C16H21Cl2NO/c1-19-11-4-6-16(19)13(9-20-2)12(8-11)10-3-5-14(17)15(18)7-10/h3,5,7,11-13,16H,4,6,8-9H2,1-2H3/t11-,12+,13+,16+/m1/s1. The van der Waals surface area contributed by atoms with Crippen LogP contribution in [0.4, 0.5) is 0 Å². The normalized spacial score (nSPS) is 33.6. The third-order valence-electron chi connectivity index (χ3n) is 5.16. The number of nitrogens with zero attached hydrogens (tertiary/aromatic N) is 1. The highest BCUT2D eigenvalue weighted by Gasteiger charge is 2.45. The highest BCUT2D eigenvalue weighted by molar-refractivity contribution is 6.42. The quantitative estimate of drug-likeness (QED) is 0.829. The van der Waals surface area contributed by atoms with Crippen LogP contribution < -0.4 is 0 Å². The Morgan fingerprint density at radius 2 is 2.05 bits per heavy atom. The van der Waals surface area contributed by atoms with Crippen LogP contribution in [-0.4, -0.2) is 37.7 Å². The number of methoxy groups -OCH3 is 1. The summed E-state index contributed by atoms with van der Waals surface area (Å²) in [6.07, 6.45) is 3.78. The number of halogens is 2. The van der Waals surface area contributed by atoms with Gasteiger partial charge in [-0.25, -0.2) is 0 Å². The van der Waals surface area contributed by atoms with Crippen molar-refractivity contribution in [3.05, 3.63) is 33.8 Å². The van der Waals surface area contributed by atoms with Gasteiger partial charge in [0.2, 0.25) is 0 Å². The largest absolute Gasteiger partial charge is 0.384 e. The van der Waals surface area contributed by atoms with Gasteiger partial charge in [0.05, 0.1) is 16.7 Å². The highest BCUT2D eigenvalue weighted by Crippen LogP contribution is 2.46. The first-order valence-electron chi connectivity index (χ1n) is 7.27. The zero-order chi connectivity index (χ0) is 14.3. The van der Waals surface area contributed by atoms with Crippen molar-refractivity contribution in [3.63, 3.8) is 0 Å². The summed E-state index contributed by atoms with van der Waals surface area (Å²) in [5, 5.41) is 1.29. The van der Waals surface area contributed by atoms with Crippen LogP contribution in [0.15, 0.2) is 18.2 Å². The molecule has 0 unspecified atom stereocenters. The van der Waals surface area contributed by atoms with E-state index in [0.717, 1.165) is 6.61 Å². The van der Waals surface area contributed by atoms with Gasteiger partial charge in [-0.05, 0) is 49.9 Å². The predicted octanol–water partition coefficient (Wildman–Crippen LogP) is 4.21. The van der Waals surface area contributed by atoms with Crippen molar-refractivity contribution in [1.82, 2.24) is 4.90 Å². The van der Waals surface area contributed by atoms with E-state index in [1.165, 1.54) is 24.8 Å². The van der Waals surface area contributed by atoms with Crippen molar-refractivity contribution in [2.75, 3.05) is 20.8 Å². The van der Waals surface area contributed by atoms with E-state index in [1.807, 2.05) is 12.1 Å². The molecule has 1 aromatic carbocycles. The second-order valence-corrected chi connectivity index (χ2v) is 6.91. The molecule has 2 nitrogen and oxygen atoms in total. The number of hydrogen-bond acceptors (Lipinski definition) is 2. The molecule has 3 rings (SSSR count). The van der Waals surface area contributed by atoms with E-state index in [1.54, 1.807) is 7.11 Å². The molecule has 4 heteroatoms. The minimum Gasteiger partial charge on any atom is -0.384 e. The van der Waals surface area contributed by atoms with Crippen LogP contribution in [0.1, 0.15) is 30.7 Å². The predicted molar refractivity (Wildman–Crippen MR) is 83.8 cm³/mol. The average molecular weight is 314 g/mol. The lowest BCUT2D eigenvalue weighted by Crippen LogP contribution is -2.47. The summed E-state index contributed by atoms with van der Waals surface area (Å²) in [6, 6.07) is 7.43. The first-order chi connectivity index (χ1) is 9.61. The number of fused-ring (bicyclic) bond motifs is 2. The van der Waals surface area contributed by atoms with Gasteiger partial charge >= 0.3 is 0 Å². The van der Waals surface area contributed by atoms with Gasteiger partial charge in [0.1, 0.15) is 0 Å². The van der Waals surface area contributed by atoms with Crippen LogP contribution in [0, 0.1) is 5.92 Å². The van der Waals surface area contributed by atoms with Crippen LogP contribution in [0.25, 0.3) is 0 Å². The van der Waals surface area contributed by atoms with Crippen molar-refractivity contribution in [2.45, 2.75) is 37.3 Å². The smallest absolute Gasteiger partial charge is 0.0595 e. The Kier molecular flexibility index (Phi) is 4.28. The SMILES string of the molecule is COC[C@H]1[C@H](c2ccc(Cl)c(Cl)c2)C[C@H]2CC[C@@H]1N2C. The van der Waals surface area contributed by atoms with Gasteiger partial charge in [-0.3, -0.25) is 0 Å². The molecule has 110 valence electrons. The van der Waals surface area contributed by atoms with Crippen LogP contribution in [0.2, 0.25) is 10.0 Å². The second-order valence-electron chi connectivity index (χ2n) is 6.10. The van der Waals surface area contributed by atoms with Crippen molar-refractivity contribution >= 4 is 23.2 Å². The fraction of sp³-hybridized carbons (Fsp3) is 0.625. The maximum absolute atomic E-state index is 6.20. The lowest BCUT2D eigenvalue weighted by molar-refractivity contribution is 0.0405. The molecule has 20 heavy (non-hydrogen) atoms. The number of ether oxygens (including phenoxy) is 1. The van der Waals surface area contributed by atoms with Gasteiger partial charge in [0.25, 0.3) is 0 Å².